The van der Waals surface area contributed by atoms with Crippen molar-refractivity contribution in [1.29, 1.82) is 0 Å². The van der Waals surface area contributed by atoms with Crippen molar-refractivity contribution in [3.63, 3.8) is 0 Å². The number of carbonyl (C=O) groups is 1. The molecule has 7 heteroatoms. The second-order valence-electron chi connectivity index (χ2n) is 7.10. The predicted octanol–water partition coefficient (Wildman–Crippen LogP) is 2.28. The molecule has 0 radical (unpaired) electrons. The standard InChI is InChI=1S/C20H24N4O2S/c1-22(9-7-15-5-3-2-4-6-15)19(26)18-17(14-23-10-8-16(25)13-23)24-11-12-27-20(24)21-18/h2-6,11-12,16,25H,7-10,13-14H2,1H3/t16-/m1/s1. The fraction of sp³-hybridized carbons (Fsp3) is 0.400. The lowest BCUT2D eigenvalue weighted by Crippen LogP contribution is -2.31. The number of aliphatic hydroxyl groups is 1. The van der Waals surface area contributed by atoms with Crippen LogP contribution in [-0.4, -0.2) is 63.0 Å². The third-order valence-corrected chi connectivity index (χ3v) is 5.87. The molecule has 2 aromatic heterocycles. The van der Waals surface area contributed by atoms with Crippen LogP contribution in [0.5, 0.6) is 0 Å². The molecule has 1 aromatic carbocycles. The monoisotopic (exact) mass is 384 g/mol. The molecule has 27 heavy (non-hydrogen) atoms. The van der Waals surface area contributed by atoms with Crippen LogP contribution in [-0.2, 0) is 13.0 Å². The smallest absolute Gasteiger partial charge is 0.274 e. The second-order valence-corrected chi connectivity index (χ2v) is 7.98. The number of carbonyl (C=O) groups excluding carboxylic acids is 1. The summed E-state index contributed by atoms with van der Waals surface area (Å²) in [6, 6.07) is 10.2. The third kappa shape index (κ3) is 3.90. The molecule has 4 rings (SSSR count). The number of hydrogen-bond acceptors (Lipinski definition) is 5. The van der Waals surface area contributed by atoms with Crippen molar-refractivity contribution in [2.45, 2.75) is 25.5 Å². The summed E-state index contributed by atoms with van der Waals surface area (Å²) < 4.78 is 2.01. The molecule has 0 spiro atoms. The maximum absolute atomic E-state index is 13.1. The van der Waals surface area contributed by atoms with Gasteiger partial charge in [0.2, 0.25) is 0 Å². The number of β-amino-alcohol motifs (C(OH)–C–C–N with tert-alkyl or cyclic N) is 1. The summed E-state index contributed by atoms with van der Waals surface area (Å²) in [6.07, 6.45) is 3.30. The van der Waals surface area contributed by atoms with Crippen LogP contribution in [0.2, 0.25) is 0 Å². The van der Waals surface area contributed by atoms with E-state index in [9.17, 15) is 9.90 Å². The number of likely N-dealkylation sites (tertiary alicyclic amines) is 1. The van der Waals surface area contributed by atoms with Crippen molar-refractivity contribution < 1.29 is 9.90 Å². The van der Waals surface area contributed by atoms with Crippen molar-refractivity contribution in [2.75, 3.05) is 26.7 Å². The van der Waals surface area contributed by atoms with Crippen LogP contribution in [0.1, 0.15) is 28.2 Å². The Hall–Kier alpha value is -2.22. The summed E-state index contributed by atoms with van der Waals surface area (Å²) in [7, 11) is 1.84. The van der Waals surface area contributed by atoms with E-state index in [1.165, 1.54) is 16.9 Å². The number of benzene rings is 1. The van der Waals surface area contributed by atoms with Gasteiger partial charge in [0.25, 0.3) is 5.91 Å². The molecule has 0 bridgehead atoms. The summed E-state index contributed by atoms with van der Waals surface area (Å²) in [5.74, 6) is -0.0448. The van der Waals surface area contributed by atoms with Gasteiger partial charge in [-0.15, -0.1) is 11.3 Å². The van der Waals surface area contributed by atoms with Gasteiger partial charge in [-0.1, -0.05) is 30.3 Å². The molecule has 1 N–H and O–H groups in total. The number of imidazole rings is 1. The first kappa shape index (κ1) is 18.2. The third-order valence-electron chi connectivity index (χ3n) is 5.11. The fourth-order valence-electron chi connectivity index (χ4n) is 3.55. The highest BCUT2D eigenvalue weighted by atomic mass is 32.1. The summed E-state index contributed by atoms with van der Waals surface area (Å²) in [4.78, 5) is 22.5. The van der Waals surface area contributed by atoms with Crippen LogP contribution in [0.3, 0.4) is 0 Å². The molecular weight excluding hydrogens is 360 g/mol. The number of hydrogen-bond donors (Lipinski definition) is 1. The Morgan fingerprint density at radius 1 is 1.37 bits per heavy atom. The minimum absolute atomic E-state index is 0.0448. The van der Waals surface area contributed by atoms with Crippen LogP contribution in [0.25, 0.3) is 4.96 Å². The molecule has 1 fully saturated rings. The van der Waals surface area contributed by atoms with Gasteiger partial charge < -0.3 is 10.0 Å². The highest BCUT2D eigenvalue weighted by Gasteiger charge is 2.27. The van der Waals surface area contributed by atoms with Crippen LogP contribution >= 0.6 is 11.3 Å². The summed E-state index contributed by atoms with van der Waals surface area (Å²) in [6.45, 7) is 2.77. The number of aliphatic hydroxyl groups excluding tert-OH is 1. The molecule has 1 atom stereocenters. The van der Waals surface area contributed by atoms with Crippen molar-refractivity contribution in [3.8, 4) is 0 Å². The van der Waals surface area contributed by atoms with E-state index in [1.807, 2.05) is 41.2 Å². The van der Waals surface area contributed by atoms with E-state index in [1.54, 1.807) is 4.90 Å². The molecule has 1 aliphatic rings. The van der Waals surface area contributed by atoms with E-state index >= 15 is 0 Å². The number of thiazole rings is 1. The number of amides is 1. The molecule has 0 unspecified atom stereocenters. The Balaban J connectivity index is 1.52. The lowest BCUT2D eigenvalue weighted by molar-refractivity contribution is 0.0789. The van der Waals surface area contributed by atoms with Gasteiger partial charge in [0, 0.05) is 44.8 Å². The van der Waals surface area contributed by atoms with Crippen LogP contribution in [0.15, 0.2) is 41.9 Å². The van der Waals surface area contributed by atoms with E-state index in [-0.39, 0.29) is 12.0 Å². The lowest BCUT2D eigenvalue weighted by atomic mass is 10.1. The highest BCUT2D eigenvalue weighted by Crippen LogP contribution is 2.22. The topological polar surface area (TPSA) is 61.1 Å². The zero-order valence-electron chi connectivity index (χ0n) is 15.4. The first-order chi connectivity index (χ1) is 13.1. The van der Waals surface area contributed by atoms with Gasteiger partial charge in [0.15, 0.2) is 10.7 Å². The fourth-order valence-corrected chi connectivity index (χ4v) is 4.28. The molecule has 3 heterocycles. The van der Waals surface area contributed by atoms with Crippen LogP contribution in [0, 0.1) is 0 Å². The summed E-state index contributed by atoms with van der Waals surface area (Å²) in [5, 5.41) is 11.8. The van der Waals surface area contributed by atoms with E-state index in [0.717, 1.165) is 30.0 Å². The van der Waals surface area contributed by atoms with Gasteiger partial charge >= 0.3 is 0 Å². The molecule has 142 valence electrons. The summed E-state index contributed by atoms with van der Waals surface area (Å²) in [5.41, 5.74) is 2.66. The quantitative estimate of drug-likeness (QED) is 0.708. The molecule has 1 amide bonds. The molecule has 0 saturated carbocycles. The Kier molecular flexibility index (Phi) is 5.24. The Labute approximate surface area is 162 Å². The lowest BCUT2D eigenvalue weighted by Gasteiger charge is -2.19. The number of nitrogens with zero attached hydrogens (tertiary/aromatic N) is 4. The zero-order chi connectivity index (χ0) is 18.8. The Bertz CT molecular complexity index is 921. The van der Waals surface area contributed by atoms with Crippen molar-refractivity contribution in [2.24, 2.45) is 0 Å². The van der Waals surface area contributed by atoms with Gasteiger partial charge in [0.05, 0.1) is 11.8 Å². The van der Waals surface area contributed by atoms with Crippen LogP contribution < -0.4 is 0 Å². The van der Waals surface area contributed by atoms with Crippen molar-refractivity contribution in [1.82, 2.24) is 19.2 Å². The maximum atomic E-state index is 13.1. The minimum Gasteiger partial charge on any atom is -0.392 e. The van der Waals surface area contributed by atoms with E-state index in [2.05, 4.69) is 22.0 Å². The number of likely N-dealkylation sites (N-methyl/N-ethyl adjacent to an activating group) is 1. The first-order valence-corrected chi connectivity index (χ1v) is 10.1. The highest BCUT2D eigenvalue weighted by molar-refractivity contribution is 7.15. The van der Waals surface area contributed by atoms with Gasteiger partial charge in [-0.2, -0.15) is 0 Å². The minimum atomic E-state index is -0.274. The van der Waals surface area contributed by atoms with Gasteiger partial charge in [-0.3, -0.25) is 14.1 Å². The normalized spacial score (nSPS) is 17.6. The second kappa shape index (κ2) is 7.80. The average Bonchev–Trinajstić information content (AvgIpc) is 3.38. The average molecular weight is 385 g/mol. The van der Waals surface area contributed by atoms with E-state index in [0.29, 0.717) is 25.3 Å². The van der Waals surface area contributed by atoms with E-state index in [4.69, 9.17) is 0 Å². The van der Waals surface area contributed by atoms with Gasteiger partial charge in [-0.05, 0) is 18.4 Å². The van der Waals surface area contributed by atoms with Gasteiger partial charge in [0.1, 0.15) is 0 Å². The molecule has 6 nitrogen and oxygen atoms in total. The molecule has 1 saturated heterocycles. The zero-order valence-corrected chi connectivity index (χ0v) is 16.2. The Morgan fingerprint density at radius 3 is 2.93 bits per heavy atom. The van der Waals surface area contributed by atoms with E-state index < -0.39 is 0 Å². The van der Waals surface area contributed by atoms with Crippen molar-refractivity contribution >= 4 is 22.2 Å². The SMILES string of the molecule is CN(CCc1ccccc1)C(=O)c1nc2sccn2c1CN1CC[C@@H](O)C1. The maximum Gasteiger partial charge on any atom is 0.274 e. The number of aromatic nitrogens is 2. The summed E-state index contributed by atoms with van der Waals surface area (Å²) >= 11 is 1.53. The Morgan fingerprint density at radius 2 is 2.19 bits per heavy atom. The first-order valence-electron chi connectivity index (χ1n) is 9.26. The number of fused-ring (bicyclic) bond motifs is 1. The largest absolute Gasteiger partial charge is 0.392 e. The predicted molar refractivity (Wildman–Crippen MR) is 106 cm³/mol. The molecule has 0 aliphatic carbocycles. The molecular formula is C20H24N4O2S. The van der Waals surface area contributed by atoms with Crippen molar-refractivity contribution in [3.05, 3.63) is 58.9 Å². The number of rotatable bonds is 6. The molecule has 3 aromatic rings. The van der Waals surface area contributed by atoms with Gasteiger partial charge in [-0.25, -0.2) is 4.98 Å². The van der Waals surface area contributed by atoms with Crippen LogP contribution in [0.4, 0.5) is 0 Å². The molecule has 1 aliphatic heterocycles.